The second kappa shape index (κ2) is 5.85. The molecule has 2 nitrogen and oxygen atoms in total. The fraction of sp³-hybridized carbons (Fsp3) is 0.625. The first-order valence-electron chi connectivity index (χ1n) is 6.81. The van der Waals surface area contributed by atoms with E-state index in [9.17, 15) is 5.11 Å². The molecule has 1 aromatic rings. The van der Waals surface area contributed by atoms with Gasteiger partial charge < -0.3 is 10.4 Å². The number of aryl methyl sites for hydroxylation is 3. The minimum atomic E-state index is -0.364. The molecule has 0 amide bonds. The molecule has 2 unspecified atom stereocenters. The maximum absolute atomic E-state index is 9.84. The Kier molecular flexibility index (Phi) is 4.94. The van der Waals surface area contributed by atoms with Crippen molar-refractivity contribution >= 4 is 0 Å². The molecule has 0 fully saturated rings. The van der Waals surface area contributed by atoms with Gasteiger partial charge in [-0.05, 0) is 57.7 Å². The Bertz CT molecular complexity index is 391. The molecular weight excluding hydrogens is 222 g/mol. The first-order valence-corrected chi connectivity index (χ1v) is 6.81. The van der Waals surface area contributed by atoms with Gasteiger partial charge >= 0.3 is 0 Å². The first kappa shape index (κ1) is 15.2. The predicted octanol–water partition coefficient (Wildman–Crippen LogP) is 3.21. The summed E-state index contributed by atoms with van der Waals surface area (Å²) in [5.74, 6) is 0. The van der Waals surface area contributed by atoms with Crippen molar-refractivity contribution in [3.05, 3.63) is 34.4 Å². The van der Waals surface area contributed by atoms with Crippen LogP contribution in [0.25, 0.3) is 0 Å². The molecule has 102 valence electrons. The lowest BCUT2D eigenvalue weighted by molar-refractivity contribution is 0.161. The van der Waals surface area contributed by atoms with Crippen molar-refractivity contribution in [2.45, 2.75) is 59.5 Å². The van der Waals surface area contributed by atoms with Crippen LogP contribution in [0.4, 0.5) is 0 Å². The molecule has 0 bridgehead atoms. The van der Waals surface area contributed by atoms with Crippen LogP contribution in [0.2, 0.25) is 0 Å². The minimum Gasteiger partial charge on any atom is -0.394 e. The third kappa shape index (κ3) is 3.12. The van der Waals surface area contributed by atoms with Crippen molar-refractivity contribution in [1.82, 2.24) is 5.32 Å². The van der Waals surface area contributed by atoms with Crippen LogP contribution < -0.4 is 5.32 Å². The summed E-state index contributed by atoms with van der Waals surface area (Å²) in [6, 6.07) is 4.77. The summed E-state index contributed by atoms with van der Waals surface area (Å²) in [6.07, 6.45) is 1.06. The molecule has 0 aliphatic heterocycles. The van der Waals surface area contributed by atoms with Crippen LogP contribution in [-0.4, -0.2) is 17.8 Å². The van der Waals surface area contributed by atoms with Gasteiger partial charge in [0.15, 0.2) is 0 Å². The topological polar surface area (TPSA) is 32.3 Å². The minimum absolute atomic E-state index is 0.113. The molecule has 2 N–H and O–H groups in total. The van der Waals surface area contributed by atoms with E-state index >= 15 is 0 Å². The number of hydrogen-bond donors (Lipinski definition) is 2. The van der Waals surface area contributed by atoms with Crippen LogP contribution in [0.3, 0.4) is 0 Å². The third-order valence-corrected chi connectivity index (χ3v) is 3.72. The monoisotopic (exact) mass is 249 g/mol. The van der Waals surface area contributed by atoms with Gasteiger partial charge in [0.2, 0.25) is 0 Å². The van der Waals surface area contributed by atoms with E-state index in [1.54, 1.807) is 0 Å². The zero-order valence-corrected chi connectivity index (χ0v) is 12.6. The number of rotatable bonds is 5. The average Bonchev–Trinajstić information content (AvgIpc) is 2.27. The van der Waals surface area contributed by atoms with Gasteiger partial charge in [0.05, 0.1) is 12.1 Å². The Morgan fingerprint density at radius 2 is 1.72 bits per heavy atom. The molecule has 0 saturated carbocycles. The quantitative estimate of drug-likeness (QED) is 0.840. The maximum atomic E-state index is 9.84. The van der Waals surface area contributed by atoms with Gasteiger partial charge in [-0.15, -0.1) is 0 Å². The fourth-order valence-electron chi connectivity index (χ4n) is 2.89. The largest absolute Gasteiger partial charge is 0.394 e. The summed E-state index contributed by atoms with van der Waals surface area (Å²) in [6.45, 7) is 12.9. The van der Waals surface area contributed by atoms with Crippen molar-refractivity contribution < 1.29 is 5.11 Å². The summed E-state index contributed by atoms with van der Waals surface area (Å²) >= 11 is 0. The Hall–Kier alpha value is -0.860. The fourth-order valence-corrected chi connectivity index (χ4v) is 2.89. The number of aliphatic hydroxyl groups excluding tert-OH is 1. The van der Waals surface area contributed by atoms with Gasteiger partial charge in [-0.1, -0.05) is 24.6 Å². The van der Waals surface area contributed by atoms with Crippen molar-refractivity contribution in [1.29, 1.82) is 0 Å². The zero-order chi connectivity index (χ0) is 13.9. The predicted molar refractivity (Wildman–Crippen MR) is 78.0 cm³/mol. The highest BCUT2D eigenvalue weighted by molar-refractivity contribution is 5.42. The number of benzene rings is 1. The molecule has 0 heterocycles. The molecule has 1 rings (SSSR count). The molecule has 0 aliphatic carbocycles. The summed E-state index contributed by atoms with van der Waals surface area (Å²) in [5.41, 5.74) is 4.64. The van der Waals surface area contributed by atoms with Gasteiger partial charge in [-0.25, -0.2) is 0 Å². The Morgan fingerprint density at radius 1 is 1.22 bits per heavy atom. The summed E-state index contributed by atoms with van der Waals surface area (Å²) in [7, 11) is 0. The maximum Gasteiger partial charge on any atom is 0.0652 e. The first-order chi connectivity index (χ1) is 8.34. The summed E-state index contributed by atoms with van der Waals surface area (Å²) in [5, 5.41) is 13.4. The van der Waals surface area contributed by atoms with Crippen LogP contribution in [-0.2, 0) is 5.54 Å². The van der Waals surface area contributed by atoms with Crippen molar-refractivity contribution in [2.75, 3.05) is 6.61 Å². The van der Waals surface area contributed by atoms with E-state index in [0.29, 0.717) is 6.04 Å². The lowest BCUT2D eigenvalue weighted by Crippen LogP contribution is -2.48. The SMILES string of the molecule is CCC(C)NC(C)(CO)c1c(C)cc(C)cc1C. The van der Waals surface area contributed by atoms with Crippen molar-refractivity contribution in [2.24, 2.45) is 0 Å². The summed E-state index contributed by atoms with van der Waals surface area (Å²) < 4.78 is 0. The van der Waals surface area contributed by atoms with Crippen molar-refractivity contribution in [3.8, 4) is 0 Å². The van der Waals surface area contributed by atoms with Crippen LogP contribution in [0.5, 0.6) is 0 Å². The molecule has 2 heteroatoms. The van der Waals surface area contributed by atoms with Gasteiger partial charge in [-0.3, -0.25) is 0 Å². The van der Waals surface area contributed by atoms with Crippen LogP contribution in [0, 0.1) is 20.8 Å². The van der Waals surface area contributed by atoms with Gasteiger partial charge in [0.1, 0.15) is 0 Å². The van der Waals surface area contributed by atoms with E-state index in [4.69, 9.17) is 0 Å². The number of nitrogens with one attached hydrogen (secondary N) is 1. The molecular formula is C16H27NO. The highest BCUT2D eigenvalue weighted by Gasteiger charge is 2.30. The highest BCUT2D eigenvalue weighted by Crippen LogP contribution is 2.29. The molecule has 0 radical (unpaired) electrons. The Morgan fingerprint density at radius 3 is 2.11 bits per heavy atom. The van der Waals surface area contributed by atoms with Gasteiger partial charge in [0, 0.05) is 6.04 Å². The lowest BCUT2D eigenvalue weighted by Gasteiger charge is -2.35. The molecule has 0 aromatic heterocycles. The number of hydrogen-bond acceptors (Lipinski definition) is 2. The molecule has 0 saturated heterocycles. The van der Waals surface area contributed by atoms with E-state index in [-0.39, 0.29) is 12.1 Å². The van der Waals surface area contributed by atoms with E-state index in [1.807, 2.05) is 0 Å². The second-order valence-corrected chi connectivity index (χ2v) is 5.72. The number of aliphatic hydroxyl groups is 1. The van der Waals surface area contributed by atoms with Crippen LogP contribution >= 0.6 is 0 Å². The summed E-state index contributed by atoms with van der Waals surface area (Å²) in [4.78, 5) is 0. The normalized spacial score (nSPS) is 16.4. The average molecular weight is 249 g/mol. The standard InChI is InChI=1S/C16H27NO/c1-7-14(5)17-16(6,10-18)15-12(3)8-11(2)9-13(15)4/h8-9,14,17-18H,7,10H2,1-6H3. The molecule has 1 aromatic carbocycles. The lowest BCUT2D eigenvalue weighted by atomic mass is 9.84. The zero-order valence-electron chi connectivity index (χ0n) is 12.6. The Balaban J connectivity index is 3.23. The molecule has 18 heavy (non-hydrogen) atoms. The third-order valence-electron chi connectivity index (χ3n) is 3.72. The van der Waals surface area contributed by atoms with Gasteiger partial charge in [0.25, 0.3) is 0 Å². The molecule has 0 spiro atoms. The molecule has 0 aliphatic rings. The van der Waals surface area contributed by atoms with E-state index in [0.717, 1.165) is 6.42 Å². The van der Waals surface area contributed by atoms with E-state index < -0.39 is 0 Å². The molecule has 2 atom stereocenters. The van der Waals surface area contributed by atoms with E-state index in [1.165, 1.54) is 22.3 Å². The van der Waals surface area contributed by atoms with Crippen LogP contribution in [0.15, 0.2) is 12.1 Å². The van der Waals surface area contributed by atoms with E-state index in [2.05, 4.69) is 59.0 Å². The van der Waals surface area contributed by atoms with Crippen molar-refractivity contribution in [3.63, 3.8) is 0 Å². The van der Waals surface area contributed by atoms with Gasteiger partial charge in [-0.2, -0.15) is 0 Å². The highest BCUT2D eigenvalue weighted by atomic mass is 16.3. The smallest absolute Gasteiger partial charge is 0.0652 e. The second-order valence-electron chi connectivity index (χ2n) is 5.72. The Labute approximate surface area is 111 Å². The van der Waals surface area contributed by atoms with Crippen LogP contribution in [0.1, 0.15) is 49.4 Å².